The van der Waals surface area contributed by atoms with E-state index in [0.717, 1.165) is 11.8 Å². The van der Waals surface area contributed by atoms with Gasteiger partial charge in [-0.15, -0.1) is 0 Å². The van der Waals surface area contributed by atoms with Gasteiger partial charge in [-0.3, -0.25) is 9.59 Å². The van der Waals surface area contributed by atoms with Gasteiger partial charge in [0.2, 0.25) is 21.8 Å². The summed E-state index contributed by atoms with van der Waals surface area (Å²) in [5.74, 6) is -1.97. The van der Waals surface area contributed by atoms with Crippen molar-refractivity contribution in [2.45, 2.75) is 6.42 Å². The highest BCUT2D eigenvalue weighted by molar-refractivity contribution is 7.88. The van der Waals surface area contributed by atoms with Crippen molar-refractivity contribution in [3.63, 3.8) is 0 Å². The van der Waals surface area contributed by atoms with Gasteiger partial charge in [-0.2, -0.15) is 0 Å². The van der Waals surface area contributed by atoms with E-state index >= 15 is 0 Å². The van der Waals surface area contributed by atoms with Gasteiger partial charge in [-0.1, -0.05) is 18.2 Å². The molecule has 21 heavy (non-hydrogen) atoms. The summed E-state index contributed by atoms with van der Waals surface area (Å²) in [4.78, 5) is 25.2. The van der Waals surface area contributed by atoms with E-state index in [9.17, 15) is 18.0 Å². The molecule has 0 aliphatic carbocycles. The van der Waals surface area contributed by atoms with Gasteiger partial charge in [-0.05, 0) is 18.1 Å². The van der Waals surface area contributed by atoms with Crippen molar-refractivity contribution in [1.29, 1.82) is 0 Å². The molecule has 114 valence electrons. The van der Waals surface area contributed by atoms with Gasteiger partial charge in [0, 0.05) is 18.8 Å². The monoisotopic (exact) mass is 311 g/mol. The molecule has 1 aliphatic heterocycles. The number of hydrogen-bond donors (Lipinski definition) is 2. The number of nitrogens with two attached hydrogens (primary N) is 1. The summed E-state index contributed by atoms with van der Waals surface area (Å²) in [6, 6.07) is 7.20. The van der Waals surface area contributed by atoms with Crippen LogP contribution in [-0.4, -0.2) is 39.6 Å². The molecule has 1 aromatic carbocycles. The Morgan fingerprint density at radius 2 is 2.10 bits per heavy atom. The maximum absolute atomic E-state index is 12.3. The number of amides is 2. The smallest absolute Gasteiger partial charge is 0.239 e. The van der Waals surface area contributed by atoms with E-state index in [1.165, 1.54) is 4.90 Å². The first-order valence-corrected chi connectivity index (χ1v) is 8.32. The third-order valence-corrected chi connectivity index (χ3v) is 4.04. The molecule has 8 heteroatoms. The normalized spacial score (nSPS) is 18.4. The van der Waals surface area contributed by atoms with Crippen LogP contribution >= 0.6 is 0 Å². The Morgan fingerprint density at radius 1 is 1.43 bits per heavy atom. The first-order chi connectivity index (χ1) is 9.79. The van der Waals surface area contributed by atoms with Gasteiger partial charge in [-0.25, -0.2) is 13.1 Å². The van der Waals surface area contributed by atoms with E-state index in [-0.39, 0.29) is 19.5 Å². The molecule has 0 fully saturated rings. The predicted molar refractivity (Wildman–Crippen MR) is 78.0 cm³/mol. The second-order valence-electron chi connectivity index (χ2n) is 4.94. The molecule has 1 heterocycles. The number of hydrogen-bond acceptors (Lipinski definition) is 4. The number of carbonyl (C=O) groups is 2. The van der Waals surface area contributed by atoms with Gasteiger partial charge in [0.15, 0.2) is 0 Å². The first-order valence-electron chi connectivity index (χ1n) is 6.43. The third-order valence-electron chi connectivity index (χ3n) is 3.31. The van der Waals surface area contributed by atoms with Crippen LogP contribution in [0, 0.1) is 5.92 Å². The highest BCUT2D eigenvalue weighted by Gasteiger charge is 2.35. The first kappa shape index (κ1) is 15.5. The largest absolute Gasteiger partial charge is 0.369 e. The summed E-state index contributed by atoms with van der Waals surface area (Å²) in [6.07, 6.45) is 1.32. The van der Waals surface area contributed by atoms with E-state index in [1.807, 2.05) is 12.1 Å². The average Bonchev–Trinajstić information content (AvgIpc) is 2.39. The van der Waals surface area contributed by atoms with Crippen LogP contribution < -0.4 is 15.4 Å². The summed E-state index contributed by atoms with van der Waals surface area (Å²) in [5.41, 5.74) is 6.81. The number of rotatable bonds is 5. The summed E-state index contributed by atoms with van der Waals surface area (Å²) in [6.45, 7) is 0.219. The Labute approximate surface area is 123 Å². The minimum atomic E-state index is -3.33. The van der Waals surface area contributed by atoms with E-state index < -0.39 is 27.8 Å². The van der Waals surface area contributed by atoms with Crippen LogP contribution in [0.4, 0.5) is 5.69 Å². The Balaban J connectivity index is 2.24. The summed E-state index contributed by atoms with van der Waals surface area (Å²) >= 11 is 0. The van der Waals surface area contributed by atoms with Crippen LogP contribution in [0.3, 0.4) is 0 Å². The molecule has 1 atom stereocenters. The summed E-state index contributed by atoms with van der Waals surface area (Å²) < 4.78 is 24.5. The van der Waals surface area contributed by atoms with E-state index in [0.29, 0.717) is 5.69 Å². The number of anilines is 1. The lowest BCUT2D eigenvalue weighted by Gasteiger charge is -2.33. The number of para-hydroxylation sites is 1. The van der Waals surface area contributed by atoms with E-state index in [2.05, 4.69) is 4.72 Å². The van der Waals surface area contributed by atoms with Gasteiger partial charge >= 0.3 is 0 Å². The molecular weight excluding hydrogens is 294 g/mol. The number of primary amides is 1. The van der Waals surface area contributed by atoms with E-state index in [1.54, 1.807) is 12.1 Å². The summed E-state index contributed by atoms with van der Waals surface area (Å²) in [5, 5.41) is 0. The van der Waals surface area contributed by atoms with Crippen LogP contribution in [0.25, 0.3) is 0 Å². The third kappa shape index (κ3) is 3.59. The second-order valence-corrected chi connectivity index (χ2v) is 6.78. The molecule has 7 nitrogen and oxygen atoms in total. The molecule has 0 aromatic heterocycles. The SMILES string of the molecule is CS(=O)(=O)NCCN1C(=O)C(C(N)=O)Cc2ccccc21. The molecule has 0 saturated carbocycles. The van der Waals surface area contributed by atoms with Crippen LogP contribution in [-0.2, 0) is 26.0 Å². The fraction of sp³-hybridized carbons (Fsp3) is 0.385. The highest BCUT2D eigenvalue weighted by Crippen LogP contribution is 2.30. The van der Waals surface area contributed by atoms with E-state index in [4.69, 9.17) is 5.73 Å². The maximum Gasteiger partial charge on any atom is 0.239 e. The lowest BCUT2D eigenvalue weighted by Crippen LogP contribution is -2.48. The van der Waals surface area contributed by atoms with Crippen molar-refractivity contribution in [1.82, 2.24) is 4.72 Å². The maximum atomic E-state index is 12.3. The molecule has 1 aromatic rings. The van der Waals surface area contributed by atoms with Crippen molar-refractivity contribution in [3.05, 3.63) is 29.8 Å². The Kier molecular flexibility index (Phi) is 4.29. The molecule has 0 spiro atoms. The van der Waals surface area contributed by atoms with Crippen molar-refractivity contribution >= 4 is 27.5 Å². The van der Waals surface area contributed by atoms with Crippen LogP contribution in [0.15, 0.2) is 24.3 Å². The number of fused-ring (bicyclic) bond motifs is 1. The Morgan fingerprint density at radius 3 is 2.71 bits per heavy atom. The van der Waals surface area contributed by atoms with Gasteiger partial charge in [0.1, 0.15) is 5.92 Å². The van der Waals surface area contributed by atoms with Crippen molar-refractivity contribution in [2.24, 2.45) is 11.7 Å². The van der Waals surface area contributed by atoms with Crippen molar-refractivity contribution in [2.75, 3.05) is 24.2 Å². The van der Waals surface area contributed by atoms with Gasteiger partial charge < -0.3 is 10.6 Å². The molecule has 1 aliphatic rings. The quantitative estimate of drug-likeness (QED) is 0.696. The fourth-order valence-electron chi connectivity index (χ4n) is 2.36. The zero-order chi connectivity index (χ0) is 15.6. The number of carbonyl (C=O) groups excluding carboxylic acids is 2. The fourth-order valence-corrected chi connectivity index (χ4v) is 2.82. The lowest BCUT2D eigenvalue weighted by atomic mass is 9.91. The molecule has 3 N–H and O–H groups in total. The number of benzene rings is 1. The van der Waals surface area contributed by atoms with Crippen molar-refractivity contribution in [3.8, 4) is 0 Å². The molecule has 0 radical (unpaired) electrons. The minimum absolute atomic E-state index is 0.0738. The average molecular weight is 311 g/mol. The molecule has 2 amide bonds. The molecular formula is C13H17N3O4S. The lowest BCUT2D eigenvalue weighted by molar-refractivity contribution is -0.132. The molecule has 0 bridgehead atoms. The minimum Gasteiger partial charge on any atom is -0.369 e. The topological polar surface area (TPSA) is 110 Å². The van der Waals surface area contributed by atoms with Gasteiger partial charge in [0.25, 0.3) is 0 Å². The molecule has 0 saturated heterocycles. The van der Waals surface area contributed by atoms with Crippen LogP contribution in [0.2, 0.25) is 0 Å². The zero-order valence-electron chi connectivity index (χ0n) is 11.6. The van der Waals surface area contributed by atoms with Crippen LogP contribution in [0.1, 0.15) is 5.56 Å². The number of sulfonamides is 1. The number of nitrogens with one attached hydrogen (secondary N) is 1. The number of nitrogens with zero attached hydrogens (tertiary/aromatic N) is 1. The zero-order valence-corrected chi connectivity index (χ0v) is 12.4. The van der Waals surface area contributed by atoms with Crippen LogP contribution in [0.5, 0.6) is 0 Å². The van der Waals surface area contributed by atoms with Gasteiger partial charge in [0.05, 0.1) is 6.26 Å². The Bertz CT molecular complexity index is 672. The Hall–Kier alpha value is -1.93. The predicted octanol–water partition coefficient (Wildman–Crippen LogP) is -0.774. The molecule has 2 rings (SSSR count). The summed E-state index contributed by atoms with van der Waals surface area (Å²) in [7, 11) is -3.33. The highest BCUT2D eigenvalue weighted by atomic mass is 32.2. The standard InChI is InChI=1S/C13H17N3O4S/c1-21(19,20)15-6-7-16-11-5-3-2-4-9(11)8-10(12(14)17)13(16)18/h2-5,10,15H,6-8H2,1H3,(H2,14,17). The van der Waals surface area contributed by atoms with Crippen molar-refractivity contribution < 1.29 is 18.0 Å². The molecule has 1 unspecified atom stereocenters. The second kappa shape index (κ2) is 5.82.